The number of hydrogen-bond donors (Lipinski definition) is 3. The number of nitrogens with two attached hydrogens (primary N) is 1. The topological polar surface area (TPSA) is 114 Å². The summed E-state index contributed by atoms with van der Waals surface area (Å²) in [6.45, 7) is 0.0427. The molecule has 1 heterocycles. The largest absolute Gasteiger partial charge is 0.398 e. The van der Waals surface area contributed by atoms with Gasteiger partial charge in [0.2, 0.25) is 10.0 Å². The third-order valence-electron chi connectivity index (χ3n) is 3.10. The van der Waals surface area contributed by atoms with Gasteiger partial charge in [0, 0.05) is 16.5 Å². The van der Waals surface area contributed by atoms with Crippen molar-refractivity contribution in [2.75, 3.05) is 5.73 Å². The predicted octanol–water partition coefficient (Wildman–Crippen LogP) is 1.02. The van der Waals surface area contributed by atoms with Gasteiger partial charge in [-0.3, -0.25) is 5.10 Å². The third-order valence-corrected chi connectivity index (χ3v) is 4.56. The monoisotopic (exact) mass is 303 g/mol. The lowest BCUT2D eigenvalue weighted by Crippen LogP contribution is -2.24. The molecule has 1 aromatic heterocycles. The molecule has 7 nitrogen and oxygen atoms in total. The molecule has 0 aliphatic carbocycles. The Morgan fingerprint density at radius 1 is 1.14 bits per heavy atom. The number of H-pyrrole nitrogens is 1. The Bertz CT molecular complexity index is 875. The van der Waals surface area contributed by atoms with Crippen molar-refractivity contribution in [3.63, 3.8) is 0 Å². The number of fused-ring (bicyclic) bond motifs is 1. The highest BCUT2D eigenvalue weighted by Crippen LogP contribution is 2.27. The zero-order valence-electron chi connectivity index (χ0n) is 10.9. The number of benzene rings is 2. The van der Waals surface area contributed by atoms with Gasteiger partial charge >= 0.3 is 0 Å². The van der Waals surface area contributed by atoms with Crippen molar-refractivity contribution in [1.82, 2.24) is 19.9 Å². The first-order chi connectivity index (χ1) is 10.1. The van der Waals surface area contributed by atoms with Gasteiger partial charge < -0.3 is 5.73 Å². The number of nitrogen functional groups attached to an aromatic ring is 1. The first-order valence-corrected chi connectivity index (χ1v) is 7.67. The van der Waals surface area contributed by atoms with Crippen LogP contribution in [0, 0.1) is 0 Å². The van der Waals surface area contributed by atoms with Crippen LogP contribution in [0.3, 0.4) is 0 Å². The fourth-order valence-electron chi connectivity index (χ4n) is 2.09. The van der Waals surface area contributed by atoms with Gasteiger partial charge in [-0.2, -0.15) is 5.10 Å². The number of nitrogens with one attached hydrogen (secondary N) is 2. The van der Waals surface area contributed by atoms with Crippen LogP contribution in [0.5, 0.6) is 0 Å². The van der Waals surface area contributed by atoms with E-state index in [1.165, 1.54) is 12.4 Å². The smallest absolute Gasteiger partial charge is 0.241 e. The molecular weight excluding hydrogens is 290 g/mol. The van der Waals surface area contributed by atoms with Crippen LogP contribution in [0.15, 0.2) is 47.6 Å². The fourth-order valence-corrected chi connectivity index (χ4v) is 3.28. The van der Waals surface area contributed by atoms with E-state index in [-0.39, 0.29) is 11.4 Å². The lowest BCUT2D eigenvalue weighted by molar-refractivity contribution is 0.580. The standard InChI is InChI=1S/C13H13N5O2S/c14-11-5-6-12(10-4-2-1-3-9(10)11)21(19,20)17-7-13-15-8-16-18-13/h1-6,8,17H,7,14H2,(H,15,16,18). The summed E-state index contributed by atoms with van der Waals surface area (Å²) in [6, 6.07) is 10.2. The van der Waals surface area contributed by atoms with Crippen LogP contribution in [0.1, 0.15) is 5.82 Å². The normalized spacial score (nSPS) is 11.8. The van der Waals surface area contributed by atoms with Crippen LogP contribution in [-0.4, -0.2) is 23.6 Å². The van der Waals surface area contributed by atoms with E-state index in [2.05, 4.69) is 19.9 Å². The van der Waals surface area contributed by atoms with Gasteiger partial charge in [-0.25, -0.2) is 18.1 Å². The van der Waals surface area contributed by atoms with Crippen LogP contribution in [0.2, 0.25) is 0 Å². The number of aromatic amines is 1. The maximum atomic E-state index is 12.4. The maximum Gasteiger partial charge on any atom is 0.241 e. The van der Waals surface area contributed by atoms with Crippen LogP contribution in [0.25, 0.3) is 10.8 Å². The maximum absolute atomic E-state index is 12.4. The van der Waals surface area contributed by atoms with Crippen molar-refractivity contribution in [2.45, 2.75) is 11.4 Å². The number of rotatable bonds is 4. The fraction of sp³-hybridized carbons (Fsp3) is 0.0769. The van der Waals surface area contributed by atoms with E-state index in [0.29, 0.717) is 22.3 Å². The first-order valence-electron chi connectivity index (χ1n) is 6.19. The quantitative estimate of drug-likeness (QED) is 0.623. The summed E-state index contributed by atoms with van der Waals surface area (Å²) in [7, 11) is -3.67. The van der Waals surface area contributed by atoms with Gasteiger partial charge in [0.25, 0.3) is 0 Å². The van der Waals surface area contributed by atoms with E-state index >= 15 is 0 Å². The minimum absolute atomic E-state index is 0.0427. The molecule has 0 unspecified atom stereocenters. The Balaban J connectivity index is 2.01. The van der Waals surface area contributed by atoms with E-state index < -0.39 is 10.0 Å². The molecule has 21 heavy (non-hydrogen) atoms. The van der Waals surface area contributed by atoms with Gasteiger partial charge in [0.05, 0.1) is 11.4 Å². The summed E-state index contributed by atoms with van der Waals surface area (Å²) < 4.78 is 27.4. The van der Waals surface area contributed by atoms with Crippen molar-refractivity contribution in [1.29, 1.82) is 0 Å². The molecule has 0 spiro atoms. The highest BCUT2D eigenvalue weighted by molar-refractivity contribution is 7.89. The predicted molar refractivity (Wildman–Crippen MR) is 78.8 cm³/mol. The van der Waals surface area contributed by atoms with Gasteiger partial charge in [0.1, 0.15) is 12.2 Å². The SMILES string of the molecule is Nc1ccc(S(=O)(=O)NCc2ncn[nH]2)c2ccccc12. The molecule has 3 aromatic rings. The highest BCUT2D eigenvalue weighted by atomic mass is 32.2. The minimum atomic E-state index is -3.67. The van der Waals surface area contributed by atoms with Crippen molar-refractivity contribution in [2.24, 2.45) is 0 Å². The molecule has 0 radical (unpaired) electrons. The van der Waals surface area contributed by atoms with Gasteiger partial charge in [-0.1, -0.05) is 24.3 Å². The average Bonchev–Trinajstić information content (AvgIpc) is 2.99. The average molecular weight is 303 g/mol. The lowest BCUT2D eigenvalue weighted by Gasteiger charge is -2.10. The molecule has 0 aliphatic heterocycles. The summed E-state index contributed by atoms with van der Waals surface area (Å²) in [5.74, 6) is 0.443. The molecule has 0 fully saturated rings. The Kier molecular flexibility index (Phi) is 3.32. The molecule has 0 aliphatic rings. The van der Waals surface area contributed by atoms with Crippen LogP contribution >= 0.6 is 0 Å². The zero-order chi connectivity index (χ0) is 14.9. The zero-order valence-corrected chi connectivity index (χ0v) is 11.8. The molecule has 4 N–H and O–H groups in total. The van der Waals surface area contributed by atoms with E-state index in [9.17, 15) is 8.42 Å². The summed E-state index contributed by atoms with van der Waals surface area (Å²) in [5, 5.41) is 7.56. The molecule has 108 valence electrons. The molecule has 2 aromatic carbocycles. The second kappa shape index (κ2) is 5.15. The van der Waals surface area contributed by atoms with E-state index in [1.54, 1.807) is 24.3 Å². The number of anilines is 1. The summed E-state index contributed by atoms with van der Waals surface area (Å²) in [4.78, 5) is 4.06. The number of aromatic nitrogens is 3. The van der Waals surface area contributed by atoms with Crippen LogP contribution in [0.4, 0.5) is 5.69 Å². The lowest BCUT2D eigenvalue weighted by atomic mass is 10.1. The van der Waals surface area contributed by atoms with Gasteiger partial charge in [-0.05, 0) is 12.1 Å². The van der Waals surface area contributed by atoms with Gasteiger partial charge in [0.15, 0.2) is 0 Å². The summed E-state index contributed by atoms with van der Waals surface area (Å²) in [6.07, 6.45) is 1.32. The number of sulfonamides is 1. The molecule has 0 saturated heterocycles. The Morgan fingerprint density at radius 3 is 2.62 bits per heavy atom. The molecule has 0 saturated carbocycles. The molecule has 0 amide bonds. The van der Waals surface area contributed by atoms with Crippen molar-refractivity contribution < 1.29 is 8.42 Å². The number of hydrogen-bond acceptors (Lipinski definition) is 5. The van der Waals surface area contributed by atoms with Gasteiger partial charge in [-0.15, -0.1) is 0 Å². The first kappa shape index (κ1) is 13.5. The molecule has 8 heteroatoms. The van der Waals surface area contributed by atoms with Crippen molar-refractivity contribution in [3.05, 3.63) is 48.5 Å². The van der Waals surface area contributed by atoms with E-state index in [1.807, 2.05) is 6.07 Å². The van der Waals surface area contributed by atoms with Crippen molar-refractivity contribution >= 4 is 26.5 Å². The second-order valence-electron chi connectivity index (χ2n) is 4.46. The third kappa shape index (κ3) is 2.58. The Hall–Kier alpha value is -2.45. The summed E-state index contributed by atoms with van der Waals surface area (Å²) in [5.41, 5.74) is 6.42. The van der Waals surface area contributed by atoms with E-state index in [4.69, 9.17) is 5.73 Å². The van der Waals surface area contributed by atoms with E-state index in [0.717, 1.165) is 0 Å². The Labute approximate surface area is 121 Å². The molecule has 0 atom stereocenters. The summed E-state index contributed by atoms with van der Waals surface area (Å²) >= 11 is 0. The highest BCUT2D eigenvalue weighted by Gasteiger charge is 2.18. The molecular formula is C13H13N5O2S. The minimum Gasteiger partial charge on any atom is -0.398 e. The molecule has 0 bridgehead atoms. The second-order valence-corrected chi connectivity index (χ2v) is 6.19. The molecule has 3 rings (SSSR count). The van der Waals surface area contributed by atoms with Crippen molar-refractivity contribution in [3.8, 4) is 0 Å². The van der Waals surface area contributed by atoms with Crippen LogP contribution < -0.4 is 10.5 Å². The number of nitrogens with zero attached hydrogens (tertiary/aromatic N) is 2. The Morgan fingerprint density at radius 2 is 1.90 bits per heavy atom. The van der Waals surface area contributed by atoms with Crippen LogP contribution in [-0.2, 0) is 16.6 Å².